The summed E-state index contributed by atoms with van der Waals surface area (Å²) in [5.41, 5.74) is 4.05. The second-order valence-electron chi connectivity index (χ2n) is 9.10. The number of nitrogens with one attached hydrogen (secondary N) is 3. The molecule has 0 saturated carbocycles. The normalized spacial score (nSPS) is 15.7. The summed E-state index contributed by atoms with van der Waals surface area (Å²) in [5, 5.41) is 8.54. The van der Waals surface area contributed by atoms with E-state index >= 15 is 0 Å². The third-order valence-corrected chi connectivity index (χ3v) is 5.59. The molecule has 1 heterocycles. The standard InChI is InChI=1S/C27H34N4O4/c1-6-14-31-19(5)23(25(32)35-16-17(2)3)24(30-27(31)34)20-10-12-21(13-11-20)28-26(33)29-22-9-7-8-18(4)15-22/h7-13,15,17,24H,6,14,16H2,1-5H3,(H,30,34)(H2,28,29,33)/t24-/m1/s1. The second-order valence-corrected chi connectivity index (χ2v) is 9.10. The van der Waals surface area contributed by atoms with Crippen LogP contribution in [0.1, 0.15) is 51.3 Å². The summed E-state index contributed by atoms with van der Waals surface area (Å²) in [7, 11) is 0. The zero-order chi connectivity index (χ0) is 25.5. The molecule has 3 N–H and O–H groups in total. The maximum Gasteiger partial charge on any atom is 0.338 e. The number of esters is 1. The van der Waals surface area contributed by atoms with Crippen LogP contribution < -0.4 is 16.0 Å². The number of ether oxygens (including phenoxy) is 1. The molecule has 2 aromatic rings. The Balaban J connectivity index is 1.80. The Kier molecular flexibility index (Phi) is 8.52. The number of carbonyl (C=O) groups is 3. The molecular formula is C27H34N4O4. The van der Waals surface area contributed by atoms with Gasteiger partial charge in [-0.05, 0) is 61.6 Å². The molecule has 1 atom stereocenters. The summed E-state index contributed by atoms with van der Waals surface area (Å²) < 4.78 is 5.53. The Bertz CT molecular complexity index is 1110. The van der Waals surface area contributed by atoms with Crippen LogP contribution in [0.2, 0.25) is 0 Å². The Morgan fingerprint density at radius 2 is 1.74 bits per heavy atom. The topological polar surface area (TPSA) is 99.8 Å². The molecule has 8 nitrogen and oxygen atoms in total. The first-order valence-corrected chi connectivity index (χ1v) is 11.9. The van der Waals surface area contributed by atoms with Crippen LogP contribution in [-0.2, 0) is 9.53 Å². The number of allylic oxidation sites excluding steroid dienone is 1. The van der Waals surface area contributed by atoms with Crippen LogP contribution >= 0.6 is 0 Å². The molecule has 0 fully saturated rings. The predicted molar refractivity (Wildman–Crippen MR) is 137 cm³/mol. The number of hydrogen-bond acceptors (Lipinski definition) is 4. The number of amides is 4. The molecule has 0 radical (unpaired) electrons. The summed E-state index contributed by atoms with van der Waals surface area (Å²) in [6.07, 6.45) is 0.759. The van der Waals surface area contributed by atoms with Crippen molar-refractivity contribution in [2.24, 2.45) is 5.92 Å². The van der Waals surface area contributed by atoms with E-state index in [0.29, 0.717) is 35.8 Å². The lowest BCUT2D eigenvalue weighted by molar-refractivity contribution is -0.140. The fraction of sp³-hybridized carbons (Fsp3) is 0.370. The molecule has 1 aliphatic rings. The van der Waals surface area contributed by atoms with Gasteiger partial charge in [0.15, 0.2) is 0 Å². The van der Waals surface area contributed by atoms with Gasteiger partial charge in [0, 0.05) is 23.6 Å². The van der Waals surface area contributed by atoms with Crippen molar-refractivity contribution in [2.75, 3.05) is 23.8 Å². The summed E-state index contributed by atoms with van der Waals surface area (Å²) in [6.45, 7) is 10.4. The highest BCUT2D eigenvalue weighted by Crippen LogP contribution is 2.32. The van der Waals surface area contributed by atoms with E-state index < -0.39 is 12.0 Å². The molecule has 2 aromatic carbocycles. The van der Waals surface area contributed by atoms with Gasteiger partial charge in [0.05, 0.1) is 18.2 Å². The van der Waals surface area contributed by atoms with Crippen molar-refractivity contribution in [3.8, 4) is 0 Å². The lowest BCUT2D eigenvalue weighted by atomic mass is 9.94. The maximum absolute atomic E-state index is 13.0. The molecule has 0 spiro atoms. The molecule has 35 heavy (non-hydrogen) atoms. The minimum absolute atomic E-state index is 0.194. The van der Waals surface area contributed by atoms with Gasteiger partial charge in [0.25, 0.3) is 0 Å². The van der Waals surface area contributed by atoms with Crippen LogP contribution in [0.4, 0.5) is 21.0 Å². The Hall–Kier alpha value is -3.81. The van der Waals surface area contributed by atoms with Crippen LogP contribution in [-0.4, -0.2) is 36.1 Å². The lowest BCUT2D eigenvalue weighted by Crippen LogP contribution is -2.48. The minimum atomic E-state index is -0.648. The number of nitrogens with zero attached hydrogens (tertiary/aromatic N) is 1. The number of hydrogen-bond donors (Lipinski definition) is 3. The largest absolute Gasteiger partial charge is 0.462 e. The maximum atomic E-state index is 13.0. The number of carbonyl (C=O) groups excluding carboxylic acids is 3. The lowest BCUT2D eigenvalue weighted by Gasteiger charge is -2.35. The molecule has 4 amide bonds. The van der Waals surface area contributed by atoms with E-state index in [4.69, 9.17) is 4.74 Å². The summed E-state index contributed by atoms with van der Waals surface area (Å²) in [6, 6.07) is 13.3. The number of aryl methyl sites for hydroxylation is 1. The first-order valence-electron chi connectivity index (χ1n) is 11.9. The summed E-state index contributed by atoms with van der Waals surface area (Å²) in [5.74, 6) is -0.249. The number of rotatable bonds is 8. The molecular weight excluding hydrogens is 444 g/mol. The third-order valence-electron chi connectivity index (χ3n) is 5.59. The monoisotopic (exact) mass is 478 g/mol. The van der Waals surface area contributed by atoms with E-state index in [9.17, 15) is 14.4 Å². The van der Waals surface area contributed by atoms with Gasteiger partial charge in [0.2, 0.25) is 0 Å². The molecule has 3 rings (SSSR count). The Labute approximate surface area is 206 Å². The molecule has 0 aromatic heterocycles. The van der Waals surface area contributed by atoms with E-state index in [1.165, 1.54) is 0 Å². The van der Waals surface area contributed by atoms with E-state index in [1.54, 1.807) is 36.1 Å². The Morgan fingerprint density at radius 3 is 2.37 bits per heavy atom. The van der Waals surface area contributed by atoms with Crippen molar-refractivity contribution < 1.29 is 19.1 Å². The Morgan fingerprint density at radius 1 is 1.06 bits per heavy atom. The minimum Gasteiger partial charge on any atom is -0.462 e. The first-order chi connectivity index (χ1) is 16.7. The van der Waals surface area contributed by atoms with Crippen LogP contribution in [0.5, 0.6) is 0 Å². The second kappa shape index (κ2) is 11.6. The smallest absolute Gasteiger partial charge is 0.338 e. The van der Waals surface area contributed by atoms with Crippen LogP contribution in [0.25, 0.3) is 0 Å². The van der Waals surface area contributed by atoms with Crippen molar-refractivity contribution >= 4 is 29.4 Å². The van der Waals surface area contributed by atoms with Gasteiger partial charge in [-0.3, -0.25) is 4.90 Å². The zero-order valence-electron chi connectivity index (χ0n) is 21.0. The average molecular weight is 479 g/mol. The molecule has 1 aliphatic heterocycles. The van der Waals surface area contributed by atoms with Crippen molar-refractivity contribution in [1.82, 2.24) is 10.2 Å². The van der Waals surface area contributed by atoms with E-state index in [2.05, 4.69) is 16.0 Å². The van der Waals surface area contributed by atoms with Gasteiger partial charge < -0.3 is 20.7 Å². The highest BCUT2D eigenvalue weighted by Gasteiger charge is 2.36. The van der Waals surface area contributed by atoms with Gasteiger partial charge in [-0.25, -0.2) is 14.4 Å². The van der Waals surface area contributed by atoms with Gasteiger partial charge in [-0.2, -0.15) is 0 Å². The number of urea groups is 2. The van der Waals surface area contributed by atoms with E-state index in [1.807, 2.05) is 52.0 Å². The SMILES string of the molecule is CCCN1C(=O)N[C@H](c2ccc(NC(=O)Nc3cccc(C)c3)cc2)C(C(=O)OCC(C)C)=C1C. The number of anilines is 2. The van der Waals surface area contributed by atoms with Crippen molar-refractivity contribution in [1.29, 1.82) is 0 Å². The van der Waals surface area contributed by atoms with Crippen molar-refractivity contribution in [3.63, 3.8) is 0 Å². The van der Waals surface area contributed by atoms with Gasteiger partial charge in [-0.1, -0.05) is 45.0 Å². The van der Waals surface area contributed by atoms with Crippen molar-refractivity contribution in [3.05, 3.63) is 70.9 Å². The molecule has 0 unspecified atom stereocenters. The molecule has 0 bridgehead atoms. The van der Waals surface area contributed by atoms with E-state index in [0.717, 1.165) is 17.5 Å². The average Bonchev–Trinajstić information content (AvgIpc) is 2.80. The van der Waals surface area contributed by atoms with Crippen LogP contribution in [0.15, 0.2) is 59.8 Å². The predicted octanol–water partition coefficient (Wildman–Crippen LogP) is 5.59. The van der Waals surface area contributed by atoms with Gasteiger partial charge in [0.1, 0.15) is 0 Å². The van der Waals surface area contributed by atoms with Crippen LogP contribution in [0, 0.1) is 12.8 Å². The summed E-state index contributed by atoms with van der Waals surface area (Å²) in [4.78, 5) is 39.8. The molecule has 0 saturated heterocycles. The summed E-state index contributed by atoms with van der Waals surface area (Å²) >= 11 is 0. The van der Waals surface area contributed by atoms with Gasteiger partial charge >= 0.3 is 18.0 Å². The zero-order valence-corrected chi connectivity index (χ0v) is 21.0. The third kappa shape index (κ3) is 6.62. The fourth-order valence-electron chi connectivity index (χ4n) is 3.88. The quantitative estimate of drug-likeness (QED) is 0.431. The molecule has 186 valence electrons. The molecule has 8 heteroatoms. The highest BCUT2D eigenvalue weighted by atomic mass is 16.5. The van der Waals surface area contributed by atoms with Crippen LogP contribution in [0.3, 0.4) is 0 Å². The first kappa shape index (κ1) is 25.8. The number of benzene rings is 2. The van der Waals surface area contributed by atoms with E-state index in [-0.39, 0.29) is 18.0 Å². The van der Waals surface area contributed by atoms with Crippen molar-refractivity contribution in [2.45, 2.75) is 47.1 Å². The highest BCUT2D eigenvalue weighted by molar-refractivity contribution is 6.00. The fourth-order valence-corrected chi connectivity index (χ4v) is 3.88. The molecule has 0 aliphatic carbocycles. The van der Waals surface area contributed by atoms with Gasteiger partial charge in [-0.15, -0.1) is 0 Å².